The average Bonchev–Trinajstić information content (AvgIpc) is 3.53. The van der Waals surface area contributed by atoms with Crippen LogP contribution in [-0.2, 0) is 24.3 Å². The number of benzene rings is 3. The number of carbonyl (C=O) groups excluding carboxylic acids is 2. The van der Waals surface area contributed by atoms with E-state index in [9.17, 15) is 18.0 Å². The van der Waals surface area contributed by atoms with Gasteiger partial charge in [-0.2, -0.15) is 5.10 Å². The van der Waals surface area contributed by atoms with Gasteiger partial charge in [0.05, 0.1) is 29.5 Å². The molecule has 0 bridgehead atoms. The zero-order chi connectivity index (χ0) is 30.7. The van der Waals surface area contributed by atoms with Crippen LogP contribution in [0.3, 0.4) is 0 Å². The largest absolute Gasteiger partial charge is 0.492 e. The number of nitrogens with zero attached hydrogens (tertiary/aromatic N) is 2. The summed E-state index contributed by atoms with van der Waals surface area (Å²) >= 11 is 5.95. The van der Waals surface area contributed by atoms with E-state index >= 15 is 0 Å². The summed E-state index contributed by atoms with van der Waals surface area (Å²) in [7, 11) is -4.18. The number of rotatable bonds is 14. The number of para-hydroxylation sites is 2. The molecule has 1 fully saturated rings. The van der Waals surface area contributed by atoms with Crippen LogP contribution >= 0.6 is 11.6 Å². The van der Waals surface area contributed by atoms with Crippen molar-refractivity contribution in [3.05, 3.63) is 83.4 Å². The number of carbonyl (C=O) groups is 2. The molecule has 0 saturated carbocycles. The van der Waals surface area contributed by atoms with Gasteiger partial charge in [-0.1, -0.05) is 23.7 Å². The van der Waals surface area contributed by atoms with Gasteiger partial charge in [0.1, 0.15) is 18.0 Å². The Kier molecular flexibility index (Phi) is 11.4. The Morgan fingerprint density at radius 3 is 2.49 bits per heavy atom. The van der Waals surface area contributed by atoms with E-state index in [0.29, 0.717) is 35.2 Å². The molecule has 13 heteroatoms. The van der Waals surface area contributed by atoms with Crippen LogP contribution in [0.1, 0.15) is 25.3 Å². The van der Waals surface area contributed by atoms with Crippen LogP contribution < -0.4 is 24.5 Å². The predicted molar refractivity (Wildman–Crippen MR) is 163 cm³/mol. The molecule has 1 aliphatic heterocycles. The lowest BCUT2D eigenvalue weighted by Crippen LogP contribution is -2.39. The zero-order valence-electron chi connectivity index (χ0n) is 23.6. The van der Waals surface area contributed by atoms with Crippen molar-refractivity contribution in [2.75, 3.05) is 37.2 Å². The minimum Gasteiger partial charge on any atom is -0.492 e. The van der Waals surface area contributed by atoms with Crippen LogP contribution in [0, 0.1) is 0 Å². The standard InChI is InChI=1S/C30H33ClN4O7S/c1-2-40-28-8-4-3-7-27(28)35(43(38,39)26-15-11-23(31)12-16-26)20-29(36)34-33-18-22-9-13-24(14-10-22)42-21-30(37)32-19-25-6-5-17-41-25/h3-4,7-16,18,25H,2,5-6,17,19-21H2,1H3,(H,32,37)(H,34,36)/b33-18-/t25-/m1/s1. The summed E-state index contributed by atoms with van der Waals surface area (Å²) < 4.78 is 44.9. The van der Waals surface area contributed by atoms with E-state index in [1.54, 1.807) is 55.5 Å². The normalized spacial score (nSPS) is 14.8. The monoisotopic (exact) mass is 628 g/mol. The van der Waals surface area contributed by atoms with E-state index in [-0.39, 0.29) is 29.2 Å². The van der Waals surface area contributed by atoms with Crippen molar-refractivity contribution in [1.82, 2.24) is 10.7 Å². The average molecular weight is 629 g/mol. The third kappa shape index (κ3) is 9.18. The highest BCUT2D eigenvalue weighted by Gasteiger charge is 2.29. The summed E-state index contributed by atoms with van der Waals surface area (Å²) in [4.78, 5) is 24.9. The van der Waals surface area contributed by atoms with Crippen LogP contribution in [0.15, 0.2) is 82.8 Å². The highest BCUT2D eigenvalue weighted by atomic mass is 35.5. The van der Waals surface area contributed by atoms with E-state index in [1.807, 2.05) is 0 Å². The summed E-state index contributed by atoms with van der Waals surface area (Å²) in [6.45, 7) is 2.58. The number of hydrogen-bond acceptors (Lipinski definition) is 8. The molecule has 3 aromatic rings. The summed E-state index contributed by atoms with van der Waals surface area (Å²) in [6, 6.07) is 19.0. The van der Waals surface area contributed by atoms with Gasteiger partial charge in [0.25, 0.3) is 21.8 Å². The van der Waals surface area contributed by atoms with Gasteiger partial charge < -0.3 is 19.5 Å². The van der Waals surface area contributed by atoms with Crippen molar-refractivity contribution in [1.29, 1.82) is 0 Å². The lowest BCUT2D eigenvalue weighted by atomic mass is 10.2. The second-order valence-electron chi connectivity index (χ2n) is 9.46. The maximum atomic E-state index is 13.6. The highest BCUT2D eigenvalue weighted by molar-refractivity contribution is 7.92. The van der Waals surface area contributed by atoms with E-state index in [1.165, 1.54) is 30.5 Å². The van der Waals surface area contributed by atoms with E-state index in [0.717, 1.165) is 23.8 Å². The molecule has 0 unspecified atom stereocenters. The summed E-state index contributed by atoms with van der Waals surface area (Å²) in [5.74, 6) is -0.111. The van der Waals surface area contributed by atoms with E-state index in [4.69, 9.17) is 25.8 Å². The Bertz CT molecular complexity index is 1510. The second kappa shape index (κ2) is 15.4. The maximum Gasteiger partial charge on any atom is 0.264 e. The summed E-state index contributed by atoms with van der Waals surface area (Å²) in [5.41, 5.74) is 3.22. The van der Waals surface area contributed by atoms with Crippen LogP contribution in [0.4, 0.5) is 5.69 Å². The highest BCUT2D eigenvalue weighted by Crippen LogP contribution is 2.32. The first-order chi connectivity index (χ1) is 20.8. The van der Waals surface area contributed by atoms with Crippen molar-refractivity contribution in [2.45, 2.75) is 30.8 Å². The number of nitrogens with one attached hydrogen (secondary N) is 2. The molecule has 11 nitrogen and oxygen atoms in total. The van der Waals surface area contributed by atoms with Crippen molar-refractivity contribution in [3.63, 3.8) is 0 Å². The number of ether oxygens (including phenoxy) is 3. The molecule has 228 valence electrons. The van der Waals surface area contributed by atoms with E-state index < -0.39 is 22.5 Å². The molecule has 0 aliphatic carbocycles. The van der Waals surface area contributed by atoms with Crippen molar-refractivity contribution < 1.29 is 32.2 Å². The van der Waals surface area contributed by atoms with Crippen LogP contribution in [-0.4, -0.2) is 65.5 Å². The fourth-order valence-corrected chi connectivity index (χ4v) is 5.76. The first kappa shape index (κ1) is 31.8. The summed E-state index contributed by atoms with van der Waals surface area (Å²) in [5, 5.41) is 7.14. The SMILES string of the molecule is CCOc1ccccc1N(CC(=O)N/N=C\c1ccc(OCC(=O)NC[C@H]2CCCO2)cc1)S(=O)(=O)c1ccc(Cl)cc1. The van der Waals surface area contributed by atoms with Crippen LogP contribution in [0.2, 0.25) is 5.02 Å². The molecule has 1 aliphatic rings. The van der Waals surface area contributed by atoms with Crippen molar-refractivity contribution in [3.8, 4) is 11.5 Å². The van der Waals surface area contributed by atoms with E-state index in [2.05, 4.69) is 15.8 Å². The van der Waals surface area contributed by atoms with Crippen molar-refractivity contribution in [2.24, 2.45) is 5.10 Å². The third-order valence-corrected chi connectivity index (χ3v) is 8.35. The Balaban J connectivity index is 1.36. The number of halogens is 1. The molecule has 0 aromatic heterocycles. The molecule has 43 heavy (non-hydrogen) atoms. The number of sulfonamides is 1. The molecule has 0 radical (unpaired) electrons. The first-order valence-electron chi connectivity index (χ1n) is 13.7. The van der Waals surface area contributed by atoms with Gasteiger partial charge in [0, 0.05) is 18.2 Å². The van der Waals surface area contributed by atoms with Gasteiger partial charge in [-0.15, -0.1) is 0 Å². The lowest BCUT2D eigenvalue weighted by Gasteiger charge is -2.25. The van der Waals surface area contributed by atoms with Crippen molar-refractivity contribution >= 4 is 45.3 Å². The molecule has 1 atom stereocenters. The molecule has 4 rings (SSSR count). The van der Waals surface area contributed by atoms with Gasteiger partial charge in [-0.05, 0) is 86.0 Å². The Labute approximate surface area is 255 Å². The van der Waals surface area contributed by atoms with Gasteiger partial charge in [0.15, 0.2) is 6.61 Å². The third-order valence-electron chi connectivity index (χ3n) is 6.33. The smallest absolute Gasteiger partial charge is 0.264 e. The quantitative estimate of drug-likeness (QED) is 0.205. The summed E-state index contributed by atoms with van der Waals surface area (Å²) in [6.07, 6.45) is 3.41. The number of hydrogen-bond donors (Lipinski definition) is 2. The van der Waals surface area contributed by atoms with Gasteiger partial charge in [0.2, 0.25) is 0 Å². The number of hydrazone groups is 1. The molecular weight excluding hydrogens is 596 g/mol. The molecule has 3 aromatic carbocycles. The molecule has 1 heterocycles. The Morgan fingerprint density at radius 2 is 1.79 bits per heavy atom. The van der Waals surface area contributed by atoms with Gasteiger partial charge >= 0.3 is 0 Å². The minimum absolute atomic E-state index is 0.0397. The number of amides is 2. The van der Waals surface area contributed by atoms with Gasteiger partial charge in [-0.25, -0.2) is 13.8 Å². The molecule has 2 amide bonds. The fraction of sp³-hybridized carbons (Fsp3) is 0.300. The number of anilines is 1. The van der Waals surface area contributed by atoms with Crippen LogP contribution in [0.25, 0.3) is 0 Å². The first-order valence-corrected chi connectivity index (χ1v) is 15.5. The molecular formula is C30H33ClN4O7S. The lowest BCUT2D eigenvalue weighted by molar-refractivity contribution is -0.123. The molecule has 2 N–H and O–H groups in total. The van der Waals surface area contributed by atoms with Crippen LogP contribution in [0.5, 0.6) is 11.5 Å². The molecule has 1 saturated heterocycles. The second-order valence-corrected chi connectivity index (χ2v) is 11.8. The Morgan fingerprint density at radius 1 is 1.05 bits per heavy atom. The minimum atomic E-state index is -4.18. The maximum absolute atomic E-state index is 13.6. The topological polar surface area (TPSA) is 136 Å². The fourth-order valence-electron chi connectivity index (χ4n) is 4.20. The zero-order valence-corrected chi connectivity index (χ0v) is 25.1. The van der Waals surface area contributed by atoms with Gasteiger partial charge in [-0.3, -0.25) is 13.9 Å². The molecule has 0 spiro atoms. The Hall–Kier alpha value is -4.13. The predicted octanol–water partition coefficient (Wildman–Crippen LogP) is 3.76.